The number of halogens is 1. The van der Waals surface area contributed by atoms with Crippen LogP contribution in [0.1, 0.15) is 19.5 Å². The molecule has 2 aromatic rings. The highest BCUT2D eigenvalue weighted by atomic mass is 35.5. The van der Waals surface area contributed by atoms with E-state index in [1.54, 1.807) is 0 Å². The molecule has 3 nitrogen and oxygen atoms in total. The third-order valence-electron chi connectivity index (χ3n) is 2.39. The largest absolute Gasteiger partial charge is 0.356 e. The minimum Gasteiger partial charge on any atom is -0.356 e. The van der Waals surface area contributed by atoms with Crippen molar-refractivity contribution in [3.8, 4) is 11.3 Å². The van der Waals surface area contributed by atoms with Crippen LogP contribution in [0.5, 0.6) is 0 Å². The summed E-state index contributed by atoms with van der Waals surface area (Å²) in [5, 5.41) is 7.97. The molecule has 1 aromatic heterocycles. The number of hydrogen-bond donors (Lipinski definition) is 1. The number of aromatic nitrogens is 1. The molecule has 4 heteroatoms. The summed E-state index contributed by atoms with van der Waals surface area (Å²) < 4.78 is 5.29. The molecule has 0 aliphatic heterocycles. The average molecular weight is 251 g/mol. The van der Waals surface area contributed by atoms with Crippen LogP contribution in [0, 0.1) is 0 Å². The topological polar surface area (TPSA) is 38.1 Å². The lowest BCUT2D eigenvalue weighted by Crippen LogP contribution is -2.21. The van der Waals surface area contributed by atoms with E-state index < -0.39 is 0 Å². The second kappa shape index (κ2) is 5.34. The van der Waals surface area contributed by atoms with E-state index in [1.165, 1.54) is 0 Å². The van der Waals surface area contributed by atoms with Gasteiger partial charge in [-0.15, -0.1) is 0 Å². The summed E-state index contributed by atoms with van der Waals surface area (Å²) in [5.74, 6) is 0.705. The Morgan fingerprint density at radius 3 is 2.82 bits per heavy atom. The van der Waals surface area contributed by atoms with Gasteiger partial charge in [-0.3, -0.25) is 0 Å². The second-order valence-corrected chi connectivity index (χ2v) is 4.61. The van der Waals surface area contributed by atoms with Crippen molar-refractivity contribution in [3.05, 3.63) is 41.0 Å². The van der Waals surface area contributed by atoms with E-state index in [-0.39, 0.29) is 0 Å². The molecular formula is C13H15ClN2O. The van der Waals surface area contributed by atoms with Crippen LogP contribution in [-0.4, -0.2) is 11.2 Å². The fourth-order valence-corrected chi connectivity index (χ4v) is 1.72. The molecule has 1 heterocycles. The van der Waals surface area contributed by atoms with Crippen LogP contribution < -0.4 is 5.32 Å². The Bertz CT molecular complexity index is 494. The van der Waals surface area contributed by atoms with Gasteiger partial charge >= 0.3 is 0 Å². The number of nitrogens with zero attached hydrogens (tertiary/aromatic N) is 1. The minimum absolute atomic E-state index is 0.426. The fourth-order valence-electron chi connectivity index (χ4n) is 1.49. The summed E-state index contributed by atoms with van der Waals surface area (Å²) in [6, 6.07) is 9.92. The molecule has 2 rings (SSSR count). The van der Waals surface area contributed by atoms with Crippen molar-refractivity contribution < 1.29 is 4.52 Å². The average Bonchev–Trinajstić information content (AvgIpc) is 2.75. The van der Waals surface area contributed by atoms with Gasteiger partial charge in [0.2, 0.25) is 0 Å². The molecule has 0 unspecified atom stereocenters. The Balaban J connectivity index is 2.16. The van der Waals surface area contributed by atoms with E-state index in [1.807, 2.05) is 30.3 Å². The van der Waals surface area contributed by atoms with Crippen LogP contribution in [0.4, 0.5) is 0 Å². The molecule has 90 valence electrons. The predicted octanol–water partition coefficient (Wildman–Crippen LogP) is 3.49. The number of rotatable bonds is 4. The molecule has 0 spiro atoms. The lowest BCUT2D eigenvalue weighted by atomic mass is 10.1. The van der Waals surface area contributed by atoms with Crippen molar-refractivity contribution in [2.24, 2.45) is 0 Å². The van der Waals surface area contributed by atoms with E-state index in [9.17, 15) is 0 Å². The van der Waals surface area contributed by atoms with Crippen molar-refractivity contribution in [1.82, 2.24) is 10.5 Å². The Morgan fingerprint density at radius 1 is 1.35 bits per heavy atom. The van der Waals surface area contributed by atoms with Crippen LogP contribution in [-0.2, 0) is 6.54 Å². The first-order valence-electron chi connectivity index (χ1n) is 5.60. The first-order valence-corrected chi connectivity index (χ1v) is 5.98. The molecule has 0 aliphatic carbocycles. The third kappa shape index (κ3) is 3.08. The lowest BCUT2D eigenvalue weighted by molar-refractivity contribution is 0.417. The summed E-state index contributed by atoms with van der Waals surface area (Å²) in [7, 11) is 0. The van der Waals surface area contributed by atoms with Gasteiger partial charge in [0.1, 0.15) is 0 Å². The van der Waals surface area contributed by atoms with Gasteiger partial charge in [-0.1, -0.05) is 42.7 Å². The van der Waals surface area contributed by atoms with Crippen molar-refractivity contribution >= 4 is 11.6 Å². The molecule has 0 atom stereocenters. The Morgan fingerprint density at radius 2 is 2.12 bits per heavy atom. The molecule has 0 radical (unpaired) electrons. The van der Waals surface area contributed by atoms with E-state index in [0.29, 0.717) is 23.4 Å². The summed E-state index contributed by atoms with van der Waals surface area (Å²) in [6.07, 6.45) is 0. The molecular weight excluding hydrogens is 236 g/mol. The van der Waals surface area contributed by atoms with Gasteiger partial charge in [-0.25, -0.2) is 0 Å². The zero-order valence-corrected chi connectivity index (χ0v) is 10.7. The molecule has 0 amide bonds. The highest BCUT2D eigenvalue weighted by Gasteiger charge is 2.09. The first kappa shape index (κ1) is 12.1. The second-order valence-electron chi connectivity index (χ2n) is 4.20. The number of nitrogens with one attached hydrogen (secondary N) is 1. The fraction of sp³-hybridized carbons (Fsp3) is 0.308. The standard InChI is InChI=1S/C13H15ClN2O/c1-9(2)15-8-10-7-13(17-16-10)11-5-3-4-6-12(11)14/h3-7,9,15H,8H2,1-2H3. The molecule has 0 fully saturated rings. The third-order valence-corrected chi connectivity index (χ3v) is 2.72. The summed E-state index contributed by atoms with van der Waals surface area (Å²) in [4.78, 5) is 0. The van der Waals surface area contributed by atoms with Crippen molar-refractivity contribution in [2.45, 2.75) is 26.4 Å². The maximum Gasteiger partial charge on any atom is 0.168 e. The highest BCUT2D eigenvalue weighted by Crippen LogP contribution is 2.27. The van der Waals surface area contributed by atoms with Crippen molar-refractivity contribution in [3.63, 3.8) is 0 Å². The minimum atomic E-state index is 0.426. The van der Waals surface area contributed by atoms with Crippen molar-refractivity contribution in [1.29, 1.82) is 0 Å². The van der Waals surface area contributed by atoms with Crippen LogP contribution in [0.2, 0.25) is 5.02 Å². The highest BCUT2D eigenvalue weighted by molar-refractivity contribution is 6.33. The van der Waals surface area contributed by atoms with Gasteiger partial charge in [0.15, 0.2) is 5.76 Å². The molecule has 1 N–H and O–H groups in total. The Hall–Kier alpha value is -1.32. The van der Waals surface area contributed by atoms with Gasteiger partial charge in [0.05, 0.1) is 10.7 Å². The van der Waals surface area contributed by atoms with Crippen molar-refractivity contribution in [2.75, 3.05) is 0 Å². The monoisotopic (exact) mass is 250 g/mol. The van der Waals surface area contributed by atoms with Gasteiger partial charge in [0, 0.05) is 24.2 Å². The number of hydrogen-bond acceptors (Lipinski definition) is 3. The summed E-state index contributed by atoms with van der Waals surface area (Å²) in [6.45, 7) is 4.88. The zero-order valence-electron chi connectivity index (χ0n) is 9.90. The lowest BCUT2D eigenvalue weighted by Gasteiger charge is -2.03. The van der Waals surface area contributed by atoms with Gasteiger partial charge in [0.25, 0.3) is 0 Å². The normalized spacial score (nSPS) is 11.1. The molecule has 0 aliphatic rings. The Kier molecular flexibility index (Phi) is 3.82. The van der Waals surface area contributed by atoms with Crippen LogP contribution >= 0.6 is 11.6 Å². The predicted molar refractivity (Wildman–Crippen MR) is 68.9 cm³/mol. The number of benzene rings is 1. The maximum atomic E-state index is 6.09. The zero-order chi connectivity index (χ0) is 12.3. The maximum absolute atomic E-state index is 6.09. The SMILES string of the molecule is CC(C)NCc1cc(-c2ccccc2Cl)on1. The van der Waals surface area contributed by atoms with Gasteiger partial charge < -0.3 is 9.84 Å². The molecule has 0 bridgehead atoms. The summed E-state index contributed by atoms with van der Waals surface area (Å²) >= 11 is 6.09. The van der Waals surface area contributed by atoms with Gasteiger partial charge in [-0.05, 0) is 12.1 Å². The van der Waals surface area contributed by atoms with E-state index >= 15 is 0 Å². The Labute approximate surface area is 106 Å². The molecule has 17 heavy (non-hydrogen) atoms. The van der Waals surface area contributed by atoms with Crippen LogP contribution in [0.15, 0.2) is 34.9 Å². The van der Waals surface area contributed by atoms with E-state index in [4.69, 9.17) is 16.1 Å². The molecule has 0 saturated carbocycles. The van der Waals surface area contributed by atoms with Crippen LogP contribution in [0.25, 0.3) is 11.3 Å². The quantitative estimate of drug-likeness (QED) is 0.903. The van der Waals surface area contributed by atoms with Crippen LogP contribution in [0.3, 0.4) is 0 Å². The smallest absolute Gasteiger partial charge is 0.168 e. The first-order chi connectivity index (χ1) is 8.16. The van der Waals surface area contributed by atoms with E-state index in [0.717, 1.165) is 11.3 Å². The van der Waals surface area contributed by atoms with Gasteiger partial charge in [-0.2, -0.15) is 0 Å². The molecule has 0 saturated heterocycles. The molecule has 1 aromatic carbocycles. The summed E-state index contributed by atoms with van der Waals surface area (Å²) in [5.41, 5.74) is 1.76. The van der Waals surface area contributed by atoms with E-state index in [2.05, 4.69) is 24.3 Å².